The molecule has 0 bridgehead atoms. The Hall–Kier alpha value is -1.85. The molecule has 1 saturated carbocycles. The van der Waals surface area contributed by atoms with Gasteiger partial charge in [-0.25, -0.2) is 4.98 Å². The number of nitro groups is 1. The largest absolute Gasteiger partial charge is 0.373 e. The van der Waals surface area contributed by atoms with E-state index in [1.165, 1.54) is 12.1 Å². The van der Waals surface area contributed by atoms with Crippen LogP contribution in [-0.4, -0.2) is 22.5 Å². The predicted molar refractivity (Wildman–Crippen MR) is 61.7 cm³/mol. The Bertz CT molecular complexity index is 429. The Labute approximate surface area is 93.2 Å². The quantitative estimate of drug-likeness (QED) is 0.601. The summed E-state index contributed by atoms with van der Waals surface area (Å²) in [6, 6.07) is 2.88. The van der Waals surface area contributed by atoms with Gasteiger partial charge in [0.05, 0.1) is 17.1 Å². The zero-order valence-corrected chi connectivity index (χ0v) is 9.28. The first kappa shape index (κ1) is 10.7. The van der Waals surface area contributed by atoms with Crippen molar-refractivity contribution in [3.05, 3.63) is 22.2 Å². The molecule has 1 aliphatic carbocycles. The van der Waals surface area contributed by atoms with Gasteiger partial charge >= 0.3 is 0 Å². The summed E-state index contributed by atoms with van der Waals surface area (Å²) in [7, 11) is 1.69. The molecule has 2 rings (SSSR count). The van der Waals surface area contributed by atoms with Gasteiger partial charge in [-0.1, -0.05) is 0 Å². The Kier molecular flexibility index (Phi) is 2.41. The van der Waals surface area contributed by atoms with Crippen molar-refractivity contribution < 1.29 is 4.92 Å². The van der Waals surface area contributed by atoms with Crippen molar-refractivity contribution in [1.82, 2.24) is 4.98 Å². The van der Waals surface area contributed by atoms with Crippen LogP contribution in [0.1, 0.15) is 19.8 Å². The van der Waals surface area contributed by atoms with Gasteiger partial charge in [-0.3, -0.25) is 10.1 Å². The SMILES string of the molecule is CNc1cc([N+](=O)[O-])cc(NC2(C)CC2)n1. The van der Waals surface area contributed by atoms with E-state index in [1.807, 2.05) is 0 Å². The third kappa shape index (κ3) is 2.21. The third-order valence-electron chi connectivity index (χ3n) is 2.71. The van der Waals surface area contributed by atoms with Crippen LogP contribution in [0.2, 0.25) is 0 Å². The number of hydrogen-bond donors (Lipinski definition) is 2. The van der Waals surface area contributed by atoms with Crippen molar-refractivity contribution >= 4 is 17.3 Å². The van der Waals surface area contributed by atoms with Crippen molar-refractivity contribution in [2.24, 2.45) is 0 Å². The highest BCUT2D eigenvalue weighted by Gasteiger charge is 2.37. The summed E-state index contributed by atoms with van der Waals surface area (Å²) in [5, 5.41) is 16.7. The molecule has 0 atom stereocenters. The van der Waals surface area contributed by atoms with Crippen molar-refractivity contribution in [2.45, 2.75) is 25.3 Å². The molecule has 16 heavy (non-hydrogen) atoms. The molecule has 6 heteroatoms. The summed E-state index contributed by atoms with van der Waals surface area (Å²) in [6.45, 7) is 2.08. The van der Waals surface area contributed by atoms with Gasteiger partial charge in [0.2, 0.25) is 0 Å². The lowest BCUT2D eigenvalue weighted by atomic mass is 10.3. The number of nitrogens with one attached hydrogen (secondary N) is 2. The van der Waals surface area contributed by atoms with Crippen LogP contribution in [-0.2, 0) is 0 Å². The summed E-state index contributed by atoms with van der Waals surface area (Å²) in [4.78, 5) is 14.5. The molecule has 1 aromatic rings. The van der Waals surface area contributed by atoms with Crippen LogP contribution in [0.5, 0.6) is 0 Å². The molecular formula is C10H14N4O2. The molecule has 86 valence electrons. The molecule has 0 radical (unpaired) electrons. The molecule has 0 aromatic carbocycles. The van der Waals surface area contributed by atoms with Crippen LogP contribution in [0.15, 0.2) is 12.1 Å². The Morgan fingerprint density at radius 1 is 1.44 bits per heavy atom. The van der Waals surface area contributed by atoms with E-state index >= 15 is 0 Å². The van der Waals surface area contributed by atoms with Gasteiger partial charge in [0.1, 0.15) is 11.6 Å². The lowest BCUT2D eigenvalue weighted by molar-refractivity contribution is -0.384. The van der Waals surface area contributed by atoms with E-state index in [0.717, 1.165) is 12.8 Å². The first-order valence-electron chi connectivity index (χ1n) is 5.15. The maximum Gasteiger partial charge on any atom is 0.276 e. The van der Waals surface area contributed by atoms with E-state index in [2.05, 4.69) is 22.5 Å². The second-order valence-electron chi connectivity index (χ2n) is 4.29. The second-order valence-corrected chi connectivity index (χ2v) is 4.29. The van der Waals surface area contributed by atoms with Crippen LogP contribution in [0.4, 0.5) is 17.3 Å². The van der Waals surface area contributed by atoms with E-state index in [9.17, 15) is 10.1 Å². The number of aromatic nitrogens is 1. The van der Waals surface area contributed by atoms with Gasteiger partial charge in [0.15, 0.2) is 0 Å². The monoisotopic (exact) mass is 222 g/mol. The van der Waals surface area contributed by atoms with Gasteiger partial charge in [-0.05, 0) is 19.8 Å². The number of hydrogen-bond acceptors (Lipinski definition) is 5. The van der Waals surface area contributed by atoms with Gasteiger partial charge in [-0.2, -0.15) is 0 Å². The van der Waals surface area contributed by atoms with Gasteiger partial charge in [0, 0.05) is 12.6 Å². The molecule has 1 fully saturated rings. The van der Waals surface area contributed by atoms with Crippen LogP contribution in [0.3, 0.4) is 0 Å². The molecule has 0 saturated heterocycles. The maximum absolute atomic E-state index is 10.7. The zero-order valence-electron chi connectivity index (χ0n) is 9.28. The van der Waals surface area contributed by atoms with Crippen LogP contribution in [0.25, 0.3) is 0 Å². The van der Waals surface area contributed by atoms with E-state index < -0.39 is 4.92 Å². The zero-order chi connectivity index (χ0) is 11.8. The standard InChI is InChI=1S/C10H14N4O2/c1-10(3-4-10)13-9-6-7(14(15)16)5-8(11-2)12-9/h5-6H,3-4H2,1-2H3,(H2,11,12,13). The fourth-order valence-electron chi connectivity index (χ4n) is 1.44. The average molecular weight is 222 g/mol. The molecule has 1 aromatic heterocycles. The highest BCUT2D eigenvalue weighted by Crippen LogP contribution is 2.38. The second kappa shape index (κ2) is 3.62. The minimum absolute atomic E-state index is 0.0473. The molecule has 0 aliphatic heterocycles. The number of pyridine rings is 1. The number of anilines is 2. The van der Waals surface area contributed by atoms with Crippen molar-refractivity contribution in [2.75, 3.05) is 17.7 Å². The first-order chi connectivity index (χ1) is 7.52. The van der Waals surface area contributed by atoms with Crippen molar-refractivity contribution in [3.8, 4) is 0 Å². The summed E-state index contributed by atoms with van der Waals surface area (Å²) in [5.41, 5.74) is 0.110. The summed E-state index contributed by atoms with van der Waals surface area (Å²) >= 11 is 0. The molecule has 1 aliphatic rings. The molecular weight excluding hydrogens is 208 g/mol. The van der Waals surface area contributed by atoms with Crippen LogP contribution >= 0.6 is 0 Å². The predicted octanol–water partition coefficient (Wildman–Crippen LogP) is 2.00. The van der Waals surface area contributed by atoms with Crippen molar-refractivity contribution in [1.29, 1.82) is 0 Å². The van der Waals surface area contributed by atoms with Gasteiger partial charge < -0.3 is 10.6 Å². The average Bonchev–Trinajstić information content (AvgIpc) is 2.95. The minimum atomic E-state index is -0.414. The lowest BCUT2D eigenvalue weighted by Gasteiger charge is -2.12. The van der Waals surface area contributed by atoms with E-state index in [0.29, 0.717) is 11.6 Å². The highest BCUT2D eigenvalue weighted by atomic mass is 16.6. The molecule has 0 amide bonds. The number of rotatable bonds is 4. The van der Waals surface area contributed by atoms with Crippen LogP contribution < -0.4 is 10.6 Å². The Morgan fingerprint density at radius 3 is 2.56 bits per heavy atom. The third-order valence-corrected chi connectivity index (χ3v) is 2.71. The normalized spacial score (nSPS) is 16.6. The molecule has 0 unspecified atom stereocenters. The fraction of sp³-hybridized carbons (Fsp3) is 0.500. The first-order valence-corrected chi connectivity index (χ1v) is 5.15. The van der Waals surface area contributed by atoms with Gasteiger partial charge in [-0.15, -0.1) is 0 Å². The van der Waals surface area contributed by atoms with Gasteiger partial charge in [0.25, 0.3) is 5.69 Å². The number of nitrogens with zero attached hydrogens (tertiary/aromatic N) is 2. The Morgan fingerprint density at radius 2 is 2.06 bits per heavy atom. The summed E-state index contributed by atoms with van der Waals surface area (Å²) in [5.74, 6) is 1.06. The Balaban J connectivity index is 2.29. The minimum Gasteiger partial charge on any atom is -0.373 e. The summed E-state index contributed by atoms with van der Waals surface area (Å²) < 4.78 is 0. The summed E-state index contributed by atoms with van der Waals surface area (Å²) in [6.07, 6.45) is 2.15. The maximum atomic E-state index is 10.7. The lowest BCUT2D eigenvalue weighted by Crippen LogP contribution is -2.17. The highest BCUT2D eigenvalue weighted by molar-refractivity contribution is 5.55. The molecule has 1 heterocycles. The van der Waals surface area contributed by atoms with E-state index in [4.69, 9.17) is 0 Å². The molecule has 0 spiro atoms. The van der Waals surface area contributed by atoms with Crippen molar-refractivity contribution in [3.63, 3.8) is 0 Å². The topological polar surface area (TPSA) is 80.1 Å². The van der Waals surface area contributed by atoms with Crippen LogP contribution in [0, 0.1) is 10.1 Å². The smallest absolute Gasteiger partial charge is 0.276 e. The fourth-order valence-corrected chi connectivity index (χ4v) is 1.44. The molecule has 2 N–H and O–H groups in total. The molecule has 6 nitrogen and oxygen atoms in total. The van der Waals surface area contributed by atoms with E-state index in [-0.39, 0.29) is 11.2 Å². The van der Waals surface area contributed by atoms with E-state index in [1.54, 1.807) is 7.05 Å².